The minimum Gasteiger partial charge on any atom is -0.291 e. The first-order valence-electron chi connectivity index (χ1n) is 3.87. The molecule has 1 unspecified atom stereocenters. The number of rotatable bonds is 0. The summed E-state index contributed by atoms with van der Waals surface area (Å²) in [4.78, 5) is 11.2. The highest BCUT2D eigenvalue weighted by atomic mass is 79.9. The summed E-state index contributed by atoms with van der Waals surface area (Å²) in [5, 5.41) is 0. The Kier molecular flexibility index (Phi) is 2.14. The largest absolute Gasteiger partial charge is 0.291 e. The third kappa shape index (κ3) is 1.19. The van der Waals surface area contributed by atoms with E-state index < -0.39 is 23.6 Å². The zero-order valence-corrected chi connectivity index (χ0v) is 8.37. The molecule has 0 heterocycles. The van der Waals surface area contributed by atoms with Crippen molar-refractivity contribution in [1.82, 2.24) is 0 Å². The van der Waals surface area contributed by atoms with Crippen molar-refractivity contribution >= 4 is 21.7 Å². The van der Waals surface area contributed by atoms with Crippen LogP contribution in [0.5, 0.6) is 0 Å². The Morgan fingerprint density at radius 1 is 1.43 bits per heavy atom. The van der Waals surface area contributed by atoms with Crippen molar-refractivity contribution < 1.29 is 18.0 Å². The van der Waals surface area contributed by atoms with Gasteiger partial charge in [0.25, 0.3) is 0 Å². The molecule has 0 fully saturated rings. The lowest BCUT2D eigenvalue weighted by Gasteiger charge is -2.02. The maximum atomic E-state index is 13.1. The van der Waals surface area contributed by atoms with Gasteiger partial charge in [0.2, 0.25) is 0 Å². The van der Waals surface area contributed by atoms with E-state index in [9.17, 15) is 18.0 Å². The van der Waals surface area contributed by atoms with Gasteiger partial charge in [-0.3, -0.25) is 4.79 Å². The van der Waals surface area contributed by atoms with Crippen LogP contribution in [0.2, 0.25) is 0 Å². The van der Waals surface area contributed by atoms with Crippen molar-refractivity contribution in [1.29, 1.82) is 0 Å². The molecule has 74 valence electrons. The van der Waals surface area contributed by atoms with E-state index in [1.165, 1.54) is 0 Å². The lowest BCUT2D eigenvalue weighted by Crippen LogP contribution is -2.08. The second-order valence-corrected chi connectivity index (χ2v) is 3.90. The first-order valence-corrected chi connectivity index (χ1v) is 4.66. The average molecular weight is 265 g/mol. The second kappa shape index (κ2) is 3.08. The Morgan fingerprint density at radius 2 is 2.07 bits per heavy atom. The SMILES string of the molecule is O=C1c2c(Br)cc(F)c(F)c2CC1F. The van der Waals surface area contributed by atoms with Crippen molar-refractivity contribution in [2.24, 2.45) is 0 Å². The molecule has 1 aromatic rings. The molecule has 0 saturated heterocycles. The summed E-state index contributed by atoms with van der Waals surface area (Å²) in [6, 6.07) is 0.837. The Bertz CT molecular complexity index is 431. The van der Waals surface area contributed by atoms with Gasteiger partial charge in [0.15, 0.2) is 23.6 Å². The smallest absolute Gasteiger partial charge is 0.198 e. The van der Waals surface area contributed by atoms with Gasteiger partial charge in [0.05, 0.1) is 0 Å². The molecule has 5 heteroatoms. The van der Waals surface area contributed by atoms with Crippen LogP contribution in [0.3, 0.4) is 0 Å². The van der Waals surface area contributed by atoms with Crippen LogP contribution in [0.4, 0.5) is 13.2 Å². The molecule has 2 rings (SSSR count). The van der Waals surface area contributed by atoms with E-state index in [1.807, 2.05) is 0 Å². The van der Waals surface area contributed by atoms with Gasteiger partial charge >= 0.3 is 0 Å². The van der Waals surface area contributed by atoms with Crippen molar-refractivity contribution in [3.05, 3.63) is 33.3 Å². The molecule has 1 aliphatic carbocycles. The van der Waals surface area contributed by atoms with Crippen LogP contribution in [0.25, 0.3) is 0 Å². The molecular formula is C9H4BrF3O. The predicted molar refractivity (Wildman–Crippen MR) is 47.0 cm³/mol. The molecule has 0 saturated carbocycles. The fourth-order valence-corrected chi connectivity index (χ4v) is 2.17. The molecule has 0 bridgehead atoms. The van der Waals surface area contributed by atoms with Gasteiger partial charge in [-0.2, -0.15) is 0 Å². The summed E-state index contributed by atoms with van der Waals surface area (Å²) in [6.45, 7) is 0. The summed E-state index contributed by atoms with van der Waals surface area (Å²) < 4.78 is 39.0. The van der Waals surface area contributed by atoms with Gasteiger partial charge in [-0.05, 0) is 22.0 Å². The first kappa shape index (κ1) is 9.71. The first-order chi connectivity index (χ1) is 6.52. The minimum atomic E-state index is -1.75. The number of ketones is 1. The molecule has 0 radical (unpaired) electrons. The summed E-state index contributed by atoms with van der Waals surface area (Å²) in [5.41, 5.74) is -0.245. The van der Waals surface area contributed by atoms with Gasteiger partial charge in [-0.25, -0.2) is 13.2 Å². The molecule has 0 spiro atoms. The van der Waals surface area contributed by atoms with Crippen LogP contribution in [0.1, 0.15) is 15.9 Å². The highest BCUT2D eigenvalue weighted by Gasteiger charge is 2.35. The second-order valence-electron chi connectivity index (χ2n) is 3.04. The number of hydrogen-bond donors (Lipinski definition) is 0. The standard InChI is InChI=1S/C9H4BrF3O/c10-4-2-5(11)8(13)3-1-6(12)9(14)7(3)4/h2,6H,1H2. The maximum absolute atomic E-state index is 13.1. The van der Waals surface area contributed by atoms with Gasteiger partial charge < -0.3 is 0 Å². The van der Waals surface area contributed by atoms with Crippen molar-refractivity contribution in [3.63, 3.8) is 0 Å². The van der Waals surface area contributed by atoms with Crippen molar-refractivity contribution in [3.8, 4) is 0 Å². The zero-order valence-electron chi connectivity index (χ0n) is 6.78. The highest BCUT2D eigenvalue weighted by Crippen LogP contribution is 2.33. The topological polar surface area (TPSA) is 17.1 Å². The number of halogens is 4. The van der Waals surface area contributed by atoms with E-state index in [0.717, 1.165) is 6.07 Å². The van der Waals surface area contributed by atoms with Gasteiger partial charge in [-0.15, -0.1) is 0 Å². The number of carbonyl (C=O) groups is 1. The Hall–Kier alpha value is -0.840. The Morgan fingerprint density at radius 3 is 2.71 bits per heavy atom. The van der Waals surface area contributed by atoms with E-state index >= 15 is 0 Å². The summed E-state index contributed by atoms with van der Waals surface area (Å²) in [5.74, 6) is -2.99. The third-order valence-electron chi connectivity index (χ3n) is 2.18. The number of carbonyl (C=O) groups excluding carboxylic acids is 1. The van der Waals surface area contributed by atoms with Crippen LogP contribution in [0, 0.1) is 11.6 Å². The van der Waals surface area contributed by atoms with Gasteiger partial charge in [-0.1, -0.05) is 0 Å². The number of alkyl halides is 1. The normalized spacial score (nSPS) is 20.0. The number of benzene rings is 1. The Labute approximate surface area is 86.0 Å². The number of Topliss-reactive ketones (excluding diaryl/α,β-unsaturated/α-hetero) is 1. The fourth-order valence-electron chi connectivity index (χ4n) is 1.53. The molecule has 1 nitrogen and oxygen atoms in total. The van der Waals surface area contributed by atoms with Gasteiger partial charge in [0.1, 0.15) is 0 Å². The van der Waals surface area contributed by atoms with Crippen LogP contribution in [-0.4, -0.2) is 12.0 Å². The van der Waals surface area contributed by atoms with E-state index in [2.05, 4.69) is 15.9 Å². The van der Waals surface area contributed by atoms with Crippen LogP contribution in [0.15, 0.2) is 10.5 Å². The maximum Gasteiger partial charge on any atom is 0.198 e. The molecule has 1 aromatic carbocycles. The molecule has 14 heavy (non-hydrogen) atoms. The Balaban J connectivity index is 2.73. The van der Waals surface area contributed by atoms with E-state index in [1.54, 1.807) is 0 Å². The molecule has 0 amide bonds. The minimum absolute atomic E-state index is 0.0728. The van der Waals surface area contributed by atoms with Crippen LogP contribution < -0.4 is 0 Å². The lowest BCUT2D eigenvalue weighted by atomic mass is 10.1. The van der Waals surface area contributed by atoms with E-state index in [4.69, 9.17) is 0 Å². The predicted octanol–water partition coefficient (Wildman–Crippen LogP) is 2.80. The molecule has 1 aliphatic rings. The molecule has 0 aliphatic heterocycles. The summed E-state index contributed by atoms with van der Waals surface area (Å²) in [7, 11) is 0. The third-order valence-corrected chi connectivity index (χ3v) is 2.81. The zero-order chi connectivity index (χ0) is 10.5. The summed E-state index contributed by atoms with van der Waals surface area (Å²) in [6.07, 6.45) is -2.13. The quantitative estimate of drug-likeness (QED) is 0.659. The molecular weight excluding hydrogens is 261 g/mol. The molecule has 1 atom stereocenters. The number of fused-ring (bicyclic) bond motifs is 1. The molecule has 0 N–H and O–H groups in total. The number of hydrogen-bond acceptors (Lipinski definition) is 1. The van der Waals surface area contributed by atoms with E-state index in [-0.39, 0.29) is 22.0 Å². The van der Waals surface area contributed by atoms with E-state index in [0.29, 0.717) is 0 Å². The van der Waals surface area contributed by atoms with Crippen LogP contribution >= 0.6 is 15.9 Å². The van der Waals surface area contributed by atoms with Gasteiger partial charge in [0, 0.05) is 22.0 Å². The molecule has 0 aromatic heterocycles. The van der Waals surface area contributed by atoms with Crippen LogP contribution in [-0.2, 0) is 6.42 Å². The monoisotopic (exact) mass is 264 g/mol. The summed E-state index contributed by atoms with van der Waals surface area (Å²) >= 11 is 2.91. The lowest BCUT2D eigenvalue weighted by molar-refractivity contribution is 0.0898. The highest BCUT2D eigenvalue weighted by molar-refractivity contribution is 9.10. The average Bonchev–Trinajstić information content (AvgIpc) is 2.40. The fraction of sp³-hybridized carbons (Fsp3) is 0.222. The van der Waals surface area contributed by atoms with Crippen molar-refractivity contribution in [2.45, 2.75) is 12.6 Å². The van der Waals surface area contributed by atoms with Crippen molar-refractivity contribution in [2.75, 3.05) is 0 Å².